The number of rotatable bonds is 10. The van der Waals surface area contributed by atoms with Crippen molar-refractivity contribution in [1.29, 1.82) is 0 Å². The number of aryl methyl sites for hydroxylation is 1. The topological polar surface area (TPSA) is 197 Å². The number of imidazole rings is 2. The number of methoxy groups -OCH3 is 2. The third kappa shape index (κ3) is 7.50. The molecule has 5 aromatic rings. The van der Waals surface area contributed by atoms with Crippen LogP contribution in [-0.2, 0) is 26.1 Å². The monoisotopic (exact) mass is 793 g/mol. The van der Waals surface area contributed by atoms with Gasteiger partial charge in [-0.05, 0) is 61.8 Å². The van der Waals surface area contributed by atoms with Crippen LogP contribution in [0.25, 0.3) is 44.3 Å². The Morgan fingerprint density at radius 3 is 1.67 bits per heavy atom. The number of hydrogen-bond donors (Lipinski definition) is 4. The van der Waals surface area contributed by atoms with E-state index >= 15 is 0 Å². The first-order chi connectivity index (χ1) is 27.8. The van der Waals surface area contributed by atoms with Gasteiger partial charge in [-0.3, -0.25) is 14.4 Å². The van der Waals surface area contributed by atoms with Crippen LogP contribution in [0.4, 0.5) is 9.59 Å². The largest absolute Gasteiger partial charge is 0.453 e. The van der Waals surface area contributed by atoms with Crippen LogP contribution < -0.4 is 16.1 Å². The Hall–Kier alpha value is -6.19. The van der Waals surface area contributed by atoms with E-state index in [9.17, 15) is 24.0 Å². The number of nitrogens with one attached hydrogen (secondary N) is 4. The van der Waals surface area contributed by atoms with Crippen molar-refractivity contribution >= 4 is 45.8 Å². The van der Waals surface area contributed by atoms with Gasteiger partial charge in [-0.2, -0.15) is 0 Å². The molecule has 0 radical (unpaired) electrons. The van der Waals surface area contributed by atoms with Crippen molar-refractivity contribution in [2.45, 2.75) is 77.5 Å². The molecule has 7 rings (SSSR count). The number of ether oxygens (including phenoxy) is 2. The van der Waals surface area contributed by atoms with Crippen LogP contribution in [0.1, 0.15) is 77.1 Å². The Morgan fingerprint density at radius 1 is 0.707 bits per heavy atom. The molecule has 306 valence electrons. The van der Waals surface area contributed by atoms with Gasteiger partial charge < -0.3 is 44.4 Å². The molecule has 4 amide bonds. The van der Waals surface area contributed by atoms with Crippen molar-refractivity contribution in [3.63, 3.8) is 0 Å². The van der Waals surface area contributed by atoms with Gasteiger partial charge in [0.25, 0.3) is 0 Å². The molecule has 2 saturated heterocycles. The van der Waals surface area contributed by atoms with Gasteiger partial charge in [0.1, 0.15) is 23.7 Å². The van der Waals surface area contributed by atoms with E-state index in [1.54, 1.807) is 22.2 Å². The first kappa shape index (κ1) is 40.0. The zero-order valence-corrected chi connectivity index (χ0v) is 33.9. The third-order valence-electron chi connectivity index (χ3n) is 11.5. The highest BCUT2D eigenvalue weighted by atomic mass is 16.5. The normalized spacial score (nSPS) is 17.9. The zero-order chi connectivity index (χ0) is 41.4. The quantitative estimate of drug-likeness (QED) is 0.131. The minimum Gasteiger partial charge on any atom is -0.453 e. The van der Waals surface area contributed by atoms with Crippen molar-refractivity contribution in [2.75, 3.05) is 27.3 Å². The van der Waals surface area contributed by atoms with Gasteiger partial charge >= 0.3 is 12.2 Å². The van der Waals surface area contributed by atoms with Gasteiger partial charge in [0.15, 0.2) is 5.43 Å². The second-order valence-electron chi connectivity index (χ2n) is 15.8. The molecule has 4 N–H and O–H groups in total. The first-order valence-corrected chi connectivity index (χ1v) is 19.8. The van der Waals surface area contributed by atoms with Crippen LogP contribution in [0.15, 0.2) is 53.6 Å². The molecule has 2 aliphatic rings. The first-order valence-electron chi connectivity index (χ1n) is 19.8. The molecule has 58 heavy (non-hydrogen) atoms. The maximum atomic E-state index is 14.1. The lowest BCUT2D eigenvalue weighted by Crippen LogP contribution is -2.51. The maximum absolute atomic E-state index is 14.1. The predicted molar refractivity (Wildman–Crippen MR) is 218 cm³/mol. The fraction of sp³-hybridized carbons (Fsp3) is 0.452. The summed E-state index contributed by atoms with van der Waals surface area (Å²) < 4.78 is 11.5. The average Bonchev–Trinajstić information content (AvgIpc) is 4.06. The molecule has 0 spiro atoms. The lowest BCUT2D eigenvalue weighted by atomic mass is 10.0. The summed E-state index contributed by atoms with van der Waals surface area (Å²) in [6.07, 6.45) is 5.23. The Kier molecular flexibility index (Phi) is 11.3. The van der Waals surface area contributed by atoms with Crippen LogP contribution in [0.3, 0.4) is 0 Å². The van der Waals surface area contributed by atoms with E-state index in [4.69, 9.17) is 9.47 Å². The number of likely N-dealkylation sites (tertiary alicyclic amines) is 2. The summed E-state index contributed by atoms with van der Waals surface area (Å²) in [5, 5.41) is 6.48. The standard InChI is InChI=1S/C42H51N9O7/c1-22(2)34(47-41(55)57-6)39(53)50-16-8-10-31(50)37-43-20-28(45-37)24-13-15-30-27(18-24)36(52)26-14-12-25(19-33(26)49(30)5)29-21-44-38(46-29)32-11-9-17-51(32)40(54)35(23(3)4)48-42(56)58-7/h12-15,18-23,31-32,34-35H,8-11,16-17H2,1-7H3,(H,43,45)(H,44,46)(H,47,55)(H,48,56)/t31-,32-,34-,35-/m0/s1. The summed E-state index contributed by atoms with van der Waals surface area (Å²) in [7, 11) is 4.48. The molecule has 0 saturated carbocycles. The number of nitrogens with zero attached hydrogens (tertiary/aromatic N) is 5. The fourth-order valence-corrected chi connectivity index (χ4v) is 8.31. The number of pyridine rings is 1. The van der Waals surface area contributed by atoms with Gasteiger partial charge in [-0.25, -0.2) is 19.6 Å². The molecule has 2 aromatic carbocycles. The van der Waals surface area contributed by atoms with Crippen LogP contribution in [0.5, 0.6) is 0 Å². The molecular weight excluding hydrogens is 743 g/mol. The lowest BCUT2D eigenvalue weighted by molar-refractivity contribution is -0.136. The molecule has 0 aliphatic carbocycles. The van der Waals surface area contributed by atoms with Gasteiger partial charge in [0.2, 0.25) is 11.8 Å². The number of amides is 4. The molecule has 2 fully saturated rings. The summed E-state index contributed by atoms with van der Waals surface area (Å²) >= 11 is 0. The van der Waals surface area contributed by atoms with Gasteiger partial charge in [-0.1, -0.05) is 39.8 Å². The zero-order valence-electron chi connectivity index (χ0n) is 33.9. The molecule has 0 unspecified atom stereocenters. The minimum atomic E-state index is -0.732. The Morgan fingerprint density at radius 2 is 1.19 bits per heavy atom. The SMILES string of the molecule is COC(=O)N[C@H](C(=O)N1CCC[C@H]1c1ncc(-c2ccc3c(c2)c(=O)c2ccc(-c4cnc([C@@H]5CCCN5C(=O)[C@@H](NC(=O)OC)C(C)C)[nH]4)cc2n3C)[nH]1)C(C)C. The van der Waals surface area contributed by atoms with E-state index in [-0.39, 0.29) is 41.2 Å². The Bertz CT molecular complexity index is 2430. The molecule has 2 aliphatic heterocycles. The molecular formula is C42H51N9O7. The number of aromatic nitrogens is 5. The van der Waals surface area contributed by atoms with E-state index < -0.39 is 24.3 Å². The van der Waals surface area contributed by atoms with Crippen molar-refractivity contribution in [3.05, 3.63) is 70.7 Å². The highest BCUT2D eigenvalue weighted by Gasteiger charge is 2.39. The summed E-state index contributed by atoms with van der Waals surface area (Å²) in [5.41, 5.74) is 4.50. The molecule has 16 nitrogen and oxygen atoms in total. The van der Waals surface area contributed by atoms with E-state index in [1.807, 2.05) is 75.7 Å². The van der Waals surface area contributed by atoms with E-state index in [0.717, 1.165) is 59.2 Å². The smallest absolute Gasteiger partial charge is 0.407 e. The minimum absolute atomic E-state index is 0.104. The maximum Gasteiger partial charge on any atom is 0.407 e. The second-order valence-corrected chi connectivity index (χ2v) is 15.8. The lowest BCUT2D eigenvalue weighted by Gasteiger charge is -2.30. The molecule has 5 heterocycles. The summed E-state index contributed by atoms with van der Waals surface area (Å²) in [6, 6.07) is 9.41. The van der Waals surface area contributed by atoms with Crippen molar-refractivity contribution < 1.29 is 28.7 Å². The number of aromatic amines is 2. The van der Waals surface area contributed by atoms with Gasteiger partial charge in [0.05, 0.1) is 61.1 Å². The Labute approximate surface area is 335 Å². The number of carbonyl (C=O) groups excluding carboxylic acids is 4. The number of benzene rings is 2. The number of hydrogen-bond acceptors (Lipinski definition) is 9. The fourth-order valence-electron chi connectivity index (χ4n) is 8.31. The van der Waals surface area contributed by atoms with Crippen molar-refractivity contribution in [2.24, 2.45) is 18.9 Å². The van der Waals surface area contributed by atoms with E-state index in [0.29, 0.717) is 35.5 Å². The third-order valence-corrected chi connectivity index (χ3v) is 11.5. The average molecular weight is 794 g/mol. The summed E-state index contributed by atoms with van der Waals surface area (Å²) in [5.74, 6) is 0.659. The van der Waals surface area contributed by atoms with Gasteiger partial charge in [0, 0.05) is 42.0 Å². The summed E-state index contributed by atoms with van der Waals surface area (Å²) in [6.45, 7) is 8.62. The van der Waals surface area contributed by atoms with Gasteiger partial charge in [-0.15, -0.1) is 0 Å². The highest BCUT2D eigenvalue weighted by Crippen LogP contribution is 2.35. The van der Waals surface area contributed by atoms with Crippen LogP contribution in [0, 0.1) is 11.8 Å². The van der Waals surface area contributed by atoms with Crippen LogP contribution in [-0.4, -0.2) is 97.7 Å². The molecule has 4 atom stereocenters. The molecule has 16 heteroatoms. The summed E-state index contributed by atoms with van der Waals surface area (Å²) in [4.78, 5) is 85.1. The van der Waals surface area contributed by atoms with Crippen molar-refractivity contribution in [1.82, 2.24) is 44.9 Å². The number of H-pyrrole nitrogens is 2. The number of alkyl carbamates (subject to hydrolysis) is 2. The predicted octanol–water partition coefficient (Wildman–Crippen LogP) is 5.56. The Balaban J connectivity index is 1.13. The van der Waals surface area contributed by atoms with Crippen molar-refractivity contribution in [3.8, 4) is 22.5 Å². The molecule has 0 bridgehead atoms. The van der Waals surface area contributed by atoms with E-state index in [1.165, 1.54) is 14.2 Å². The number of fused-ring (bicyclic) bond motifs is 2. The van der Waals surface area contributed by atoms with Crippen LogP contribution >= 0.6 is 0 Å². The molecule has 3 aromatic heterocycles. The highest BCUT2D eigenvalue weighted by molar-refractivity contribution is 5.96. The second kappa shape index (κ2) is 16.3. The number of carbonyl (C=O) groups is 4. The van der Waals surface area contributed by atoms with Crippen LogP contribution in [0.2, 0.25) is 0 Å². The van der Waals surface area contributed by atoms with E-state index in [2.05, 4.69) is 30.6 Å².